The molecule has 0 bridgehead atoms. The lowest BCUT2D eigenvalue weighted by Gasteiger charge is -2.34. The van der Waals surface area contributed by atoms with Crippen molar-refractivity contribution in [2.75, 3.05) is 26.2 Å². The van der Waals surface area contributed by atoms with Crippen LogP contribution in [0.3, 0.4) is 0 Å². The first kappa shape index (κ1) is 18.2. The molecule has 5 heteroatoms. The van der Waals surface area contributed by atoms with Crippen molar-refractivity contribution in [1.82, 2.24) is 20.0 Å². The Labute approximate surface area is 165 Å². The molecule has 4 rings (SSSR count). The maximum absolute atomic E-state index is 6.31. The van der Waals surface area contributed by atoms with Crippen molar-refractivity contribution in [1.29, 1.82) is 0 Å². The molecule has 0 unspecified atom stereocenters. The highest BCUT2D eigenvalue weighted by atomic mass is 35.5. The van der Waals surface area contributed by atoms with Crippen LogP contribution in [0.2, 0.25) is 5.02 Å². The van der Waals surface area contributed by atoms with Crippen molar-refractivity contribution >= 4 is 11.6 Å². The molecule has 1 N–H and O–H groups in total. The molecule has 0 atom stereocenters. The summed E-state index contributed by atoms with van der Waals surface area (Å²) in [7, 11) is 0. The van der Waals surface area contributed by atoms with Gasteiger partial charge in [0.1, 0.15) is 0 Å². The summed E-state index contributed by atoms with van der Waals surface area (Å²) in [5.41, 5.74) is 5.96. The van der Waals surface area contributed by atoms with Gasteiger partial charge >= 0.3 is 0 Å². The summed E-state index contributed by atoms with van der Waals surface area (Å²) in [6.45, 7) is 8.10. The molecule has 27 heavy (non-hydrogen) atoms. The number of hydrogen-bond acceptors (Lipinski definition) is 3. The number of rotatable bonds is 5. The number of aromatic nitrogens is 2. The Morgan fingerprint density at radius 1 is 0.889 bits per heavy atom. The molecule has 1 aliphatic rings. The quantitative estimate of drug-likeness (QED) is 0.714. The lowest BCUT2D eigenvalue weighted by atomic mass is 10.0. The molecule has 3 aromatic rings. The SMILES string of the molecule is Cc1[nH]nc(CN2CCN(Cc3ccccc3Cl)CC2)c1-c1ccccc1. The van der Waals surface area contributed by atoms with Gasteiger partial charge in [-0.1, -0.05) is 60.1 Å². The van der Waals surface area contributed by atoms with Gasteiger partial charge in [-0.2, -0.15) is 5.10 Å². The van der Waals surface area contributed by atoms with Crippen LogP contribution >= 0.6 is 11.6 Å². The van der Waals surface area contributed by atoms with Crippen molar-refractivity contribution in [3.63, 3.8) is 0 Å². The van der Waals surface area contributed by atoms with E-state index in [0.717, 1.165) is 55.7 Å². The van der Waals surface area contributed by atoms with Crippen LogP contribution in [0, 0.1) is 6.92 Å². The molecule has 140 valence electrons. The van der Waals surface area contributed by atoms with Crippen molar-refractivity contribution in [3.8, 4) is 11.1 Å². The number of H-pyrrole nitrogens is 1. The number of piperazine rings is 1. The fourth-order valence-corrected chi connectivity index (χ4v) is 3.96. The van der Waals surface area contributed by atoms with E-state index >= 15 is 0 Å². The van der Waals surface area contributed by atoms with E-state index in [1.165, 1.54) is 16.7 Å². The van der Waals surface area contributed by atoms with Gasteiger partial charge in [0.2, 0.25) is 0 Å². The first-order valence-electron chi connectivity index (χ1n) is 9.48. The summed E-state index contributed by atoms with van der Waals surface area (Å²) in [4.78, 5) is 4.97. The van der Waals surface area contributed by atoms with Crippen LogP contribution in [-0.4, -0.2) is 46.2 Å². The molecule has 1 aromatic heterocycles. The zero-order valence-electron chi connectivity index (χ0n) is 15.7. The summed E-state index contributed by atoms with van der Waals surface area (Å²) in [6.07, 6.45) is 0. The smallest absolute Gasteiger partial charge is 0.0843 e. The Bertz CT molecular complexity index is 882. The first-order valence-corrected chi connectivity index (χ1v) is 9.86. The van der Waals surface area contributed by atoms with Crippen LogP contribution in [-0.2, 0) is 13.1 Å². The third kappa shape index (κ3) is 4.24. The zero-order chi connectivity index (χ0) is 18.6. The van der Waals surface area contributed by atoms with E-state index in [1.807, 2.05) is 12.1 Å². The monoisotopic (exact) mass is 380 g/mol. The summed E-state index contributed by atoms with van der Waals surface area (Å²) in [6, 6.07) is 18.7. The molecule has 2 aromatic carbocycles. The molecule has 0 saturated carbocycles. The number of aryl methyl sites for hydroxylation is 1. The second-order valence-corrected chi connectivity index (χ2v) is 7.59. The molecule has 0 amide bonds. The largest absolute Gasteiger partial charge is 0.296 e. The molecule has 0 aliphatic carbocycles. The molecule has 1 saturated heterocycles. The van der Waals surface area contributed by atoms with E-state index in [2.05, 4.69) is 69.4 Å². The van der Waals surface area contributed by atoms with Gasteiger partial charge < -0.3 is 0 Å². The topological polar surface area (TPSA) is 35.2 Å². The number of benzene rings is 2. The van der Waals surface area contributed by atoms with E-state index in [1.54, 1.807) is 0 Å². The van der Waals surface area contributed by atoms with Crippen LogP contribution in [0.4, 0.5) is 0 Å². The number of aromatic amines is 1. The van der Waals surface area contributed by atoms with Crippen molar-refractivity contribution in [2.45, 2.75) is 20.0 Å². The third-order valence-electron chi connectivity index (χ3n) is 5.27. The fraction of sp³-hybridized carbons (Fsp3) is 0.318. The van der Waals surface area contributed by atoms with Crippen LogP contribution < -0.4 is 0 Å². The second kappa shape index (κ2) is 8.26. The van der Waals surface area contributed by atoms with Gasteiger partial charge in [0.25, 0.3) is 0 Å². The molecule has 1 fully saturated rings. The molecule has 0 radical (unpaired) electrons. The number of nitrogens with zero attached hydrogens (tertiary/aromatic N) is 3. The highest BCUT2D eigenvalue weighted by Crippen LogP contribution is 2.27. The maximum Gasteiger partial charge on any atom is 0.0843 e. The Kier molecular flexibility index (Phi) is 5.58. The van der Waals surface area contributed by atoms with E-state index in [9.17, 15) is 0 Å². The zero-order valence-corrected chi connectivity index (χ0v) is 16.4. The lowest BCUT2D eigenvalue weighted by Crippen LogP contribution is -2.45. The van der Waals surface area contributed by atoms with Crippen LogP contribution in [0.15, 0.2) is 54.6 Å². The standard InChI is InChI=1S/C22H25ClN4/c1-17-22(18-7-3-2-4-8-18)21(25-24-17)16-27-13-11-26(12-14-27)15-19-9-5-6-10-20(19)23/h2-10H,11-16H2,1H3,(H,24,25). The van der Waals surface area contributed by atoms with Gasteiger partial charge in [-0.25, -0.2) is 0 Å². The predicted octanol–water partition coefficient (Wildman–Crippen LogP) is 4.36. The van der Waals surface area contributed by atoms with Gasteiger partial charge in [-0.3, -0.25) is 14.9 Å². The van der Waals surface area contributed by atoms with Crippen molar-refractivity contribution in [3.05, 3.63) is 76.6 Å². The Hall–Kier alpha value is -2.14. The van der Waals surface area contributed by atoms with Crippen molar-refractivity contribution < 1.29 is 0 Å². The van der Waals surface area contributed by atoms with Gasteiger partial charge in [-0.15, -0.1) is 0 Å². The van der Waals surface area contributed by atoms with Gasteiger partial charge in [0.15, 0.2) is 0 Å². The minimum Gasteiger partial charge on any atom is -0.296 e. The molecular weight excluding hydrogens is 356 g/mol. The highest BCUT2D eigenvalue weighted by Gasteiger charge is 2.21. The lowest BCUT2D eigenvalue weighted by molar-refractivity contribution is 0.121. The van der Waals surface area contributed by atoms with Gasteiger partial charge in [0.05, 0.1) is 5.69 Å². The van der Waals surface area contributed by atoms with Crippen LogP contribution in [0.5, 0.6) is 0 Å². The Morgan fingerprint density at radius 3 is 2.22 bits per heavy atom. The van der Waals surface area contributed by atoms with Crippen LogP contribution in [0.25, 0.3) is 11.1 Å². The second-order valence-electron chi connectivity index (χ2n) is 7.18. The highest BCUT2D eigenvalue weighted by molar-refractivity contribution is 6.31. The molecule has 4 nitrogen and oxygen atoms in total. The molecule has 1 aliphatic heterocycles. The van der Waals surface area contributed by atoms with E-state index in [4.69, 9.17) is 11.6 Å². The van der Waals surface area contributed by atoms with E-state index in [-0.39, 0.29) is 0 Å². The average molecular weight is 381 g/mol. The van der Waals surface area contributed by atoms with Crippen LogP contribution in [0.1, 0.15) is 17.0 Å². The van der Waals surface area contributed by atoms with Crippen molar-refractivity contribution in [2.24, 2.45) is 0 Å². The maximum atomic E-state index is 6.31. The number of nitrogens with one attached hydrogen (secondary N) is 1. The van der Waals surface area contributed by atoms with Gasteiger partial charge in [-0.05, 0) is 24.1 Å². The minimum atomic E-state index is 0.861. The van der Waals surface area contributed by atoms with Gasteiger partial charge in [0, 0.05) is 55.5 Å². The first-order chi connectivity index (χ1) is 13.2. The predicted molar refractivity (Wildman–Crippen MR) is 111 cm³/mol. The van der Waals surface area contributed by atoms with E-state index in [0.29, 0.717) is 0 Å². The number of hydrogen-bond donors (Lipinski definition) is 1. The normalized spacial score (nSPS) is 15.9. The number of halogens is 1. The third-order valence-corrected chi connectivity index (χ3v) is 5.64. The molecule has 0 spiro atoms. The Morgan fingerprint density at radius 2 is 1.52 bits per heavy atom. The molecule has 2 heterocycles. The Balaban J connectivity index is 1.38. The molecular formula is C22H25ClN4. The summed E-state index contributed by atoms with van der Waals surface area (Å²) in [5.74, 6) is 0. The minimum absolute atomic E-state index is 0.861. The summed E-state index contributed by atoms with van der Waals surface area (Å²) < 4.78 is 0. The van der Waals surface area contributed by atoms with E-state index < -0.39 is 0 Å². The summed E-state index contributed by atoms with van der Waals surface area (Å²) in [5, 5.41) is 8.62. The fourth-order valence-electron chi connectivity index (χ4n) is 3.77. The average Bonchev–Trinajstić information content (AvgIpc) is 3.06. The summed E-state index contributed by atoms with van der Waals surface area (Å²) >= 11 is 6.31.